The van der Waals surface area contributed by atoms with Gasteiger partial charge in [-0.1, -0.05) is 0 Å². The summed E-state index contributed by atoms with van der Waals surface area (Å²) in [5.74, 6) is 0.0442. The van der Waals surface area contributed by atoms with E-state index in [1.165, 1.54) is 0 Å². The van der Waals surface area contributed by atoms with Gasteiger partial charge in [-0.25, -0.2) is 12.7 Å². The Hall–Kier alpha value is -0.370. The highest BCUT2D eigenvalue weighted by Crippen LogP contribution is 2.17. The smallest absolute Gasteiger partial charge is 0.220 e. The summed E-state index contributed by atoms with van der Waals surface area (Å²) in [6.45, 7) is 1.27. The molecule has 2 rings (SSSR count). The Labute approximate surface area is 139 Å². The fourth-order valence-electron chi connectivity index (χ4n) is 3.07. The second kappa shape index (κ2) is 9.05. The first-order valence-corrected chi connectivity index (χ1v) is 9.61. The number of rotatable bonds is 6. The molecule has 0 atom stereocenters. The van der Waals surface area contributed by atoms with E-state index >= 15 is 0 Å². The lowest BCUT2D eigenvalue weighted by Crippen LogP contribution is -2.40. The van der Waals surface area contributed by atoms with Crippen LogP contribution in [0.2, 0.25) is 0 Å². The van der Waals surface area contributed by atoms with Crippen molar-refractivity contribution in [3.05, 3.63) is 0 Å². The van der Waals surface area contributed by atoms with Gasteiger partial charge < -0.3 is 11.1 Å². The number of carbonyl (C=O) groups is 1. The van der Waals surface area contributed by atoms with Gasteiger partial charge in [-0.15, -0.1) is 12.4 Å². The van der Waals surface area contributed by atoms with E-state index in [9.17, 15) is 13.2 Å². The molecule has 0 aromatic carbocycles. The Morgan fingerprint density at radius 3 is 2.32 bits per heavy atom. The van der Waals surface area contributed by atoms with E-state index in [-0.39, 0.29) is 42.6 Å². The van der Waals surface area contributed by atoms with Crippen LogP contribution in [0.25, 0.3) is 0 Å². The van der Waals surface area contributed by atoms with Gasteiger partial charge in [-0.05, 0) is 44.9 Å². The Bertz CT molecular complexity index is 444. The van der Waals surface area contributed by atoms with Crippen molar-refractivity contribution in [2.45, 2.75) is 63.5 Å². The van der Waals surface area contributed by atoms with E-state index in [0.717, 1.165) is 38.5 Å². The van der Waals surface area contributed by atoms with E-state index in [2.05, 4.69) is 5.32 Å². The normalized spacial score (nSPS) is 26.4. The van der Waals surface area contributed by atoms with Crippen LogP contribution in [-0.4, -0.2) is 49.6 Å². The predicted molar refractivity (Wildman–Crippen MR) is 89.4 cm³/mol. The van der Waals surface area contributed by atoms with Crippen molar-refractivity contribution in [2.24, 2.45) is 5.73 Å². The molecule has 0 radical (unpaired) electrons. The topological polar surface area (TPSA) is 92.5 Å². The number of carbonyl (C=O) groups excluding carboxylic acids is 1. The second-order valence-corrected chi connectivity index (χ2v) is 8.29. The maximum Gasteiger partial charge on any atom is 0.220 e. The number of hydrogen-bond acceptors (Lipinski definition) is 4. The maximum absolute atomic E-state index is 12.0. The first-order valence-electron chi connectivity index (χ1n) is 8.00. The molecule has 6 nitrogen and oxygen atoms in total. The highest BCUT2D eigenvalue weighted by atomic mass is 35.5. The standard InChI is InChI=1S/C14H27N3O3S.ClH/c15-12-5-7-13(8-6-12)16-14(18)4-3-11-21(19,20)17-9-1-2-10-17;/h12-13H,1-11,15H2,(H,16,18);1H. The van der Waals surface area contributed by atoms with Gasteiger partial charge in [0, 0.05) is 31.6 Å². The third-order valence-corrected chi connectivity index (χ3v) is 6.36. The summed E-state index contributed by atoms with van der Waals surface area (Å²) in [6, 6.07) is 0.483. The molecule has 0 unspecified atom stereocenters. The average Bonchev–Trinajstić information content (AvgIpc) is 2.96. The van der Waals surface area contributed by atoms with Crippen molar-refractivity contribution in [2.75, 3.05) is 18.8 Å². The van der Waals surface area contributed by atoms with E-state index in [0.29, 0.717) is 19.5 Å². The van der Waals surface area contributed by atoms with E-state index < -0.39 is 10.0 Å². The summed E-state index contributed by atoms with van der Waals surface area (Å²) in [4.78, 5) is 11.8. The summed E-state index contributed by atoms with van der Waals surface area (Å²) in [5, 5.41) is 2.99. The quantitative estimate of drug-likeness (QED) is 0.745. The van der Waals surface area contributed by atoms with E-state index in [4.69, 9.17) is 5.73 Å². The SMILES string of the molecule is Cl.NC1CCC(NC(=O)CCCS(=O)(=O)N2CCCC2)CC1. The molecule has 3 N–H and O–H groups in total. The molecule has 1 aliphatic carbocycles. The van der Waals surface area contributed by atoms with Gasteiger partial charge in [0.1, 0.15) is 0 Å². The zero-order valence-corrected chi connectivity index (χ0v) is 14.6. The first kappa shape index (κ1) is 19.7. The number of nitrogens with zero attached hydrogens (tertiary/aromatic N) is 1. The molecule has 0 aromatic heterocycles. The molecular formula is C14H28ClN3O3S. The third kappa shape index (κ3) is 6.02. The summed E-state index contributed by atoms with van der Waals surface area (Å²) < 4.78 is 25.6. The number of hydrogen-bond donors (Lipinski definition) is 2. The van der Waals surface area contributed by atoms with E-state index in [1.54, 1.807) is 4.31 Å². The molecule has 1 saturated carbocycles. The van der Waals surface area contributed by atoms with E-state index in [1.807, 2.05) is 0 Å². The zero-order valence-electron chi connectivity index (χ0n) is 13.0. The Balaban J connectivity index is 0.00000242. The molecular weight excluding hydrogens is 326 g/mol. The minimum atomic E-state index is -3.16. The fraction of sp³-hybridized carbons (Fsp3) is 0.929. The van der Waals surface area contributed by atoms with Gasteiger partial charge in [-0.2, -0.15) is 0 Å². The number of sulfonamides is 1. The third-order valence-electron chi connectivity index (χ3n) is 4.40. The lowest BCUT2D eigenvalue weighted by atomic mass is 9.92. The van der Waals surface area contributed by atoms with Gasteiger partial charge in [0.2, 0.25) is 15.9 Å². The van der Waals surface area contributed by atoms with Crippen LogP contribution in [-0.2, 0) is 14.8 Å². The van der Waals surface area contributed by atoms with Crippen molar-refractivity contribution >= 4 is 28.3 Å². The Morgan fingerprint density at radius 2 is 1.73 bits per heavy atom. The molecule has 0 aromatic rings. The molecule has 1 aliphatic heterocycles. The van der Waals surface area contributed by atoms with Crippen molar-refractivity contribution in [3.63, 3.8) is 0 Å². The number of nitrogens with two attached hydrogens (primary N) is 1. The Kier molecular flexibility index (Phi) is 8.10. The molecule has 130 valence electrons. The summed E-state index contributed by atoms with van der Waals surface area (Å²) >= 11 is 0. The molecule has 2 fully saturated rings. The molecule has 2 aliphatic rings. The fourth-order valence-corrected chi connectivity index (χ4v) is 4.66. The van der Waals surface area contributed by atoms with Crippen LogP contribution >= 0.6 is 12.4 Å². The van der Waals surface area contributed by atoms with Crippen LogP contribution in [0.4, 0.5) is 0 Å². The van der Waals surface area contributed by atoms with Gasteiger partial charge in [-0.3, -0.25) is 4.79 Å². The molecule has 1 amide bonds. The van der Waals surface area contributed by atoms with Gasteiger partial charge in [0.25, 0.3) is 0 Å². The summed E-state index contributed by atoms with van der Waals surface area (Å²) in [5.41, 5.74) is 5.83. The largest absolute Gasteiger partial charge is 0.353 e. The van der Waals surface area contributed by atoms with Crippen LogP contribution in [0.5, 0.6) is 0 Å². The lowest BCUT2D eigenvalue weighted by Gasteiger charge is -2.26. The molecule has 22 heavy (non-hydrogen) atoms. The van der Waals surface area contributed by atoms with Crippen LogP contribution in [0.1, 0.15) is 51.4 Å². The maximum atomic E-state index is 12.0. The van der Waals surface area contributed by atoms with Crippen molar-refractivity contribution in [1.29, 1.82) is 0 Å². The molecule has 1 saturated heterocycles. The predicted octanol–water partition coefficient (Wildman–Crippen LogP) is 1.00. The highest BCUT2D eigenvalue weighted by molar-refractivity contribution is 7.89. The van der Waals surface area contributed by atoms with Crippen LogP contribution < -0.4 is 11.1 Å². The minimum Gasteiger partial charge on any atom is -0.353 e. The number of nitrogens with one attached hydrogen (secondary N) is 1. The van der Waals surface area contributed by atoms with Crippen molar-refractivity contribution < 1.29 is 13.2 Å². The number of amides is 1. The average molecular weight is 354 g/mol. The zero-order chi connectivity index (χ0) is 15.3. The van der Waals surface area contributed by atoms with Crippen molar-refractivity contribution in [1.82, 2.24) is 9.62 Å². The minimum absolute atomic E-state index is 0. The summed E-state index contributed by atoms with van der Waals surface area (Å²) in [7, 11) is -3.16. The second-order valence-electron chi connectivity index (χ2n) is 6.20. The first-order chi connectivity index (χ1) is 9.97. The summed E-state index contributed by atoms with van der Waals surface area (Å²) in [6.07, 6.45) is 6.35. The Morgan fingerprint density at radius 1 is 1.14 bits per heavy atom. The number of halogens is 1. The van der Waals surface area contributed by atoms with Crippen LogP contribution in [0.15, 0.2) is 0 Å². The van der Waals surface area contributed by atoms with Gasteiger partial charge in [0.05, 0.1) is 5.75 Å². The van der Waals surface area contributed by atoms with Crippen LogP contribution in [0, 0.1) is 0 Å². The molecule has 0 bridgehead atoms. The van der Waals surface area contributed by atoms with Gasteiger partial charge in [0.15, 0.2) is 0 Å². The molecule has 1 heterocycles. The highest BCUT2D eigenvalue weighted by Gasteiger charge is 2.25. The monoisotopic (exact) mass is 353 g/mol. The van der Waals surface area contributed by atoms with Gasteiger partial charge >= 0.3 is 0 Å². The molecule has 8 heteroatoms. The van der Waals surface area contributed by atoms with Crippen molar-refractivity contribution in [3.8, 4) is 0 Å². The lowest BCUT2D eigenvalue weighted by molar-refractivity contribution is -0.122. The van der Waals surface area contributed by atoms with Crippen LogP contribution in [0.3, 0.4) is 0 Å². The molecule has 0 spiro atoms.